The minimum atomic E-state index is -4.25. The van der Waals surface area contributed by atoms with Gasteiger partial charge in [-0.1, -0.05) is 80.4 Å². The fourth-order valence-electron chi connectivity index (χ4n) is 4.29. The zero-order valence-electron chi connectivity index (χ0n) is 22.7. The number of sulfonamides is 1. The SMILES string of the molecule is CCCCNC(=O)[C@@H](CC)N(CCc1ccccc1)C(=O)CN(c1ccc(F)c(Cl)c1)S(=O)(=O)c1ccccc1. The van der Waals surface area contributed by atoms with Gasteiger partial charge in [-0.3, -0.25) is 13.9 Å². The second kappa shape index (κ2) is 14.8. The highest BCUT2D eigenvalue weighted by Gasteiger charge is 2.33. The third kappa shape index (κ3) is 8.05. The standard InChI is InChI=1S/C30H35ClFN3O4S/c1-3-5-19-33-30(37)28(4-2)34(20-18-23-12-8-6-9-13-23)29(36)22-35(24-16-17-27(32)26(31)21-24)40(38,39)25-14-10-7-11-15-25/h6-17,21,28H,3-5,18-20,22H2,1-2H3,(H,33,37)/t28-/m1/s1. The molecule has 0 unspecified atom stereocenters. The highest BCUT2D eigenvalue weighted by Crippen LogP contribution is 2.28. The Morgan fingerprint density at radius 1 is 0.975 bits per heavy atom. The molecule has 0 spiro atoms. The lowest BCUT2D eigenvalue weighted by Crippen LogP contribution is -2.53. The van der Waals surface area contributed by atoms with Crippen LogP contribution < -0.4 is 9.62 Å². The number of hydrogen-bond donors (Lipinski definition) is 1. The van der Waals surface area contributed by atoms with Gasteiger partial charge >= 0.3 is 0 Å². The van der Waals surface area contributed by atoms with Gasteiger partial charge < -0.3 is 10.2 Å². The molecule has 0 saturated heterocycles. The summed E-state index contributed by atoms with van der Waals surface area (Å²) in [5.74, 6) is -1.57. The average molecular weight is 588 g/mol. The Balaban J connectivity index is 1.99. The molecule has 0 aliphatic heterocycles. The van der Waals surface area contributed by atoms with E-state index in [2.05, 4.69) is 5.32 Å². The van der Waals surface area contributed by atoms with Crippen LogP contribution in [0.5, 0.6) is 0 Å². The Morgan fingerprint density at radius 2 is 1.62 bits per heavy atom. The molecule has 3 rings (SSSR count). The van der Waals surface area contributed by atoms with Gasteiger partial charge in [0.2, 0.25) is 11.8 Å². The Bertz CT molecular complexity index is 1370. The smallest absolute Gasteiger partial charge is 0.264 e. The van der Waals surface area contributed by atoms with Crippen molar-refractivity contribution in [2.45, 2.75) is 50.5 Å². The molecule has 0 bridgehead atoms. The minimum absolute atomic E-state index is 0.0343. The van der Waals surface area contributed by atoms with Gasteiger partial charge in [0.05, 0.1) is 15.6 Å². The van der Waals surface area contributed by atoms with E-state index >= 15 is 0 Å². The zero-order valence-corrected chi connectivity index (χ0v) is 24.3. The van der Waals surface area contributed by atoms with Crippen molar-refractivity contribution in [1.82, 2.24) is 10.2 Å². The predicted octanol–water partition coefficient (Wildman–Crippen LogP) is 5.44. The fraction of sp³-hybridized carbons (Fsp3) is 0.333. The zero-order chi connectivity index (χ0) is 29.1. The Kier molecular flexibility index (Phi) is 11.5. The molecule has 7 nitrogen and oxygen atoms in total. The highest BCUT2D eigenvalue weighted by atomic mass is 35.5. The number of rotatable bonds is 14. The first-order chi connectivity index (χ1) is 19.2. The summed E-state index contributed by atoms with van der Waals surface area (Å²) in [6.45, 7) is 3.90. The van der Waals surface area contributed by atoms with E-state index in [1.54, 1.807) is 18.2 Å². The van der Waals surface area contributed by atoms with E-state index in [0.29, 0.717) is 19.4 Å². The number of amides is 2. The monoisotopic (exact) mass is 587 g/mol. The first kappa shape index (κ1) is 31.1. The number of benzene rings is 3. The number of nitrogens with one attached hydrogen (secondary N) is 1. The van der Waals surface area contributed by atoms with Gasteiger partial charge in [-0.25, -0.2) is 12.8 Å². The summed E-state index contributed by atoms with van der Waals surface area (Å²) in [5, 5.41) is 2.62. The number of carbonyl (C=O) groups excluding carboxylic acids is 2. The molecule has 0 fully saturated rings. The third-order valence-electron chi connectivity index (χ3n) is 6.50. The van der Waals surface area contributed by atoms with E-state index in [9.17, 15) is 22.4 Å². The summed E-state index contributed by atoms with van der Waals surface area (Å²) in [7, 11) is -4.25. The molecule has 0 radical (unpaired) electrons. The Morgan fingerprint density at radius 3 is 2.23 bits per heavy atom. The van der Waals surface area contributed by atoms with Crippen molar-refractivity contribution in [2.75, 3.05) is 23.9 Å². The quantitative estimate of drug-likeness (QED) is 0.254. The number of carbonyl (C=O) groups is 2. The van der Waals surface area contributed by atoms with Crippen LogP contribution in [0.25, 0.3) is 0 Å². The maximum atomic E-state index is 14.0. The molecule has 0 aromatic heterocycles. The molecule has 0 aliphatic rings. The van der Waals surface area contributed by atoms with Crippen LogP contribution >= 0.6 is 11.6 Å². The van der Waals surface area contributed by atoms with Gasteiger partial charge in [0.25, 0.3) is 10.0 Å². The first-order valence-corrected chi connectivity index (χ1v) is 15.1. The highest BCUT2D eigenvalue weighted by molar-refractivity contribution is 7.92. The molecule has 10 heteroatoms. The summed E-state index contributed by atoms with van der Waals surface area (Å²) in [6.07, 6.45) is 2.51. The van der Waals surface area contributed by atoms with Crippen molar-refractivity contribution in [3.05, 3.63) is 95.3 Å². The molecular formula is C30H35ClFN3O4S. The summed E-state index contributed by atoms with van der Waals surface area (Å²) in [4.78, 5) is 28.5. The van der Waals surface area contributed by atoms with E-state index < -0.39 is 34.3 Å². The van der Waals surface area contributed by atoms with Crippen molar-refractivity contribution < 1.29 is 22.4 Å². The predicted molar refractivity (Wildman–Crippen MR) is 156 cm³/mol. The normalized spacial score (nSPS) is 12.0. The van der Waals surface area contributed by atoms with Gasteiger partial charge in [0, 0.05) is 13.1 Å². The molecule has 1 atom stereocenters. The Hall–Kier alpha value is -3.43. The largest absolute Gasteiger partial charge is 0.354 e. The van der Waals surface area contributed by atoms with E-state index in [1.165, 1.54) is 29.2 Å². The molecular weight excluding hydrogens is 553 g/mol. The fourth-order valence-corrected chi connectivity index (χ4v) is 5.89. The summed E-state index contributed by atoms with van der Waals surface area (Å²) < 4.78 is 42.4. The van der Waals surface area contributed by atoms with Gasteiger partial charge in [-0.2, -0.15) is 0 Å². The van der Waals surface area contributed by atoms with E-state index in [1.807, 2.05) is 44.2 Å². The van der Waals surface area contributed by atoms with Crippen LogP contribution in [0.2, 0.25) is 5.02 Å². The van der Waals surface area contributed by atoms with Crippen LogP contribution in [0.1, 0.15) is 38.7 Å². The van der Waals surface area contributed by atoms with E-state index in [4.69, 9.17) is 11.6 Å². The summed E-state index contributed by atoms with van der Waals surface area (Å²) in [5.41, 5.74) is 1.01. The number of hydrogen-bond acceptors (Lipinski definition) is 4. The molecule has 3 aromatic carbocycles. The third-order valence-corrected chi connectivity index (χ3v) is 8.58. The first-order valence-electron chi connectivity index (χ1n) is 13.3. The molecule has 214 valence electrons. The summed E-state index contributed by atoms with van der Waals surface area (Å²) >= 11 is 6.00. The van der Waals surface area contributed by atoms with Gasteiger partial charge in [-0.15, -0.1) is 0 Å². The molecule has 1 N–H and O–H groups in total. The molecule has 0 aliphatic carbocycles. The van der Waals surface area contributed by atoms with Crippen LogP contribution in [0.4, 0.5) is 10.1 Å². The van der Waals surface area contributed by atoms with Crippen molar-refractivity contribution in [2.24, 2.45) is 0 Å². The lowest BCUT2D eigenvalue weighted by Gasteiger charge is -2.33. The number of nitrogens with zero attached hydrogens (tertiary/aromatic N) is 2. The second-order valence-corrected chi connectivity index (χ2v) is 11.6. The van der Waals surface area contributed by atoms with Crippen LogP contribution in [-0.2, 0) is 26.0 Å². The number of unbranched alkanes of at least 4 members (excludes halogenated alkanes) is 1. The maximum absolute atomic E-state index is 14.0. The van der Waals surface area contributed by atoms with Crippen molar-refractivity contribution in [1.29, 1.82) is 0 Å². The van der Waals surface area contributed by atoms with Crippen molar-refractivity contribution >= 4 is 39.1 Å². The lowest BCUT2D eigenvalue weighted by molar-refractivity contribution is -0.139. The molecule has 0 heterocycles. The minimum Gasteiger partial charge on any atom is -0.354 e. The van der Waals surface area contributed by atoms with Gasteiger partial charge in [-0.05, 0) is 55.2 Å². The van der Waals surface area contributed by atoms with Crippen LogP contribution in [0.3, 0.4) is 0 Å². The lowest BCUT2D eigenvalue weighted by atomic mass is 10.1. The van der Waals surface area contributed by atoms with Gasteiger partial charge in [0.15, 0.2) is 0 Å². The Labute approximate surface area is 241 Å². The van der Waals surface area contributed by atoms with Crippen LogP contribution in [0, 0.1) is 5.82 Å². The van der Waals surface area contributed by atoms with Crippen LogP contribution in [-0.4, -0.2) is 50.8 Å². The topological polar surface area (TPSA) is 86.8 Å². The maximum Gasteiger partial charge on any atom is 0.264 e. The van der Waals surface area contributed by atoms with Crippen molar-refractivity contribution in [3.63, 3.8) is 0 Å². The average Bonchev–Trinajstić information content (AvgIpc) is 2.96. The van der Waals surface area contributed by atoms with E-state index in [0.717, 1.165) is 28.8 Å². The number of halogens is 2. The van der Waals surface area contributed by atoms with E-state index in [-0.39, 0.29) is 28.1 Å². The summed E-state index contributed by atoms with van der Waals surface area (Å²) in [6, 6.07) is 19.9. The van der Waals surface area contributed by atoms with Gasteiger partial charge in [0.1, 0.15) is 18.4 Å². The van der Waals surface area contributed by atoms with Crippen molar-refractivity contribution in [3.8, 4) is 0 Å². The van der Waals surface area contributed by atoms with Crippen LogP contribution in [0.15, 0.2) is 83.8 Å². The number of anilines is 1. The molecule has 0 saturated carbocycles. The second-order valence-electron chi connectivity index (χ2n) is 9.31. The molecule has 2 amide bonds. The molecule has 40 heavy (non-hydrogen) atoms. The molecule has 3 aromatic rings.